The number of esters is 1. The van der Waals surface area contributed by atoms with Gasteiger partial charge in [-0.05, 0) is 70.7 Å². The molecule has 0 aliphatic rings. The van der Waals surface area contributed by atoms with Crippen LogP contribution in [0.1, 0.15) is 90.5 Å². The second-order valence-corrected chi connectivity index (χ2v) is 13.5. The minimum atomic E-state index is -1.15. The number of ether oxygens (including phenoxy) is 2. The number of carbonyl (C=O) groups is 4. The van der Waals surface area contributed by atoms with Gasteiger partial charge in [-0.15, -0.1) is 0 Å². The molecular weight excluding hydrogens is 602 g/mol. The van der Waals surface area contributed by atoms with E-state index in [4.69, 9.17) is 9.47 Å². The fourth-order valence-electron chi connectivity index (χ4n) is 4.73. The highest BCUT2D eigenvalue weighted by Crippen LogP contribution is 2.26. The predicted octanol–water partition coefficient (Wildman–Crippen LogP) is 6.28. The smallest absolute Gasteiger partial charge is 0.408 e. The Kier molecular flexibility index (Phi) is 14.8. The molecule has 0 radical (unpaired) electrons. The molecule has 0 aliphatic heterocycles. The zero-order valence-corrected chi connectivity index (χ0v) is 29.2. The molecule has 0 fully saturated rings. The van der Waals surface area contributed by atoms with Gasteiger partial charge in [0.15, 0.2) is 0 Å². The first-order chi connectivity index (χ1) is 21.6. The van der Waals surface area contributed by atoms with Crippen molar-refractivity contribution < 1.29 is 28.7 Å². The minimum Gasteiger partial charge on any atom is -0.458 e. The van der Waals surface area contributed by atoms with E-state index in [0.717, 1.165) is 24.0 Å². The zero-order valence-electron chi connectivity index (χ0n) is 28.3. The topological polar surface area (TPSA) is 114 Å². The second kappa shape index (κ2) is 17.8. The number of nitrogens with zero attached hydrogens (tertiary/aromatic N) is 1. The Morgan fingerprint density at radius 2 is 1.54 bits per heavy atom. The Balaban J connectivity index is 2.60. The quantitative estimate of drug-likeness (QED) is 0.118. The number of hydrogen-bond acceptors (Lipinski definition) is 7. The van der Waals surface area contributed by atoms with E-state index < -0.39 is 53.2 Å². The lowest BCUT2D eigenvalue weighted by molar-refractivity contribution is -0.159. The van der Waals surface area contributed by atoms with Crippen molar-refractivity contribution in [1.29, 1.82) is 0 Å². The maximum absolute atomic E-state index is 14.4. The number of nitrogens with one attached hydrogen (secondary N) is 2. The van der Waals surface area contributed by atoms with E-state index in [0.29, 0.717) is 12.0 Å². The van der Waals surface area contributed by atoms with E-state index >= 15 is 0 Å². The monoisotopic (exact) mass is 653 g/mol. The van der Waals surface area contributed by atoms with E-state index in [1.807, 2.05) is 43.3 Å². The van der Waals surface area contributed by atoms with Crippen molar-refractivity contribution in [3.05, 3.63) is 77.9 Å². The van der Waals surface area contributed by atoms with Gasteiger partial charge in [0.25, 0.3) is 0 Å². The largest absolute Gasteiger partial charge is 0.458 e. The van der Waals surface area contributed by atoms with Gasteiger partial charge in [0, 0.05) is 18.7 Å². The number of carbonyl (C=O) groups excluding carboxylic acids is 4. The molecule has 252 valence electrons. The van der Waals surface area contributed by atoms with Crippen molar-refractivity contribution in [3.8, 4) is 0 Å². The first-order valence-electron chi connectivity index (χ1n) is 15.8. The molecule has 0 aliphatic carbocycles. The van der Waals surface area contributed by atoms with Crippen molar-refractivity contribution in [1.82, 2.24) is 15.5 Å². The summed E-state index contributed by atoms with van der Waals surface area (Å²) in [6.07, 6.45) is 3.37. The third-order valence-corrected chi connectivity index (χ3v) is 7.14. The Bertz CT molecular complexity index is 1320. The highest BCUT2D eigenvalue weighted by atomic mass is 32.1. The molecule has 3 amide bonds. The van der Waals surface area contributed by atoms with Gasteiger partial charge in [-0.1, -0.05) is 81.0 Å². The van der Waals surface area contributed by atoms with Crippen molar-refractivity contribution in [2.24, 2.45) is 0 Å². The van der Waals surface area contributed by atoms with Gasteiger partial charge >= 0.3 is 12.1 Å². The zero-order chi connectivity index (χ0) is 34.5. The molecule has 46 heavy (non-hydrogen) atoms. The Morgan fingerprint density at radius 3 is 2.11 bits per heavy atom. The molecule has 2 rings (SSSR count). The summed E-state index contributed by atoms with van der Waals surface area (Å²) in [6.45, 7) is 16.6. The summed E-state index contributed by atoms with van der Waals surface area (Å²) in [7, 11) is 0. The molecule has 0 saturated heterocycles. The summed E-state index contributed by atoms with van der Waals surface area (Å²) >= 11 is 4.37. The summed E-state index contributed by atoms with van der Waals surface area (Å²) in [5.41, 5.74) is 0.540. The van der Waals surface area contributed by atoms with Gasteiger partial charge in [0.1, 0.15) is 29.3 Å². The SMILES string of the molecule is C=Cc1cccc(C(C(=O)NC(Cc2ccccc2)C(=O)OC(C)(C)C)N(CCCCC)C(=O)C(CS)NC(=O)OC(C)(C)C)c1. The molecule has 9 nitrogen and oxygen atoms in total. The molecule has 2 aromatic rings. The number of unbranched alkanes of at least 4 members (excludes halogenated alkanes) is 2. The van der Waals surface area contributed by atoms with Crippen LogP contribution >= 0.6 is 12.6 Å². The maximum atomic E-state index is 14.4. The first kappa shape index (κ1) is 38.4. The summed E-state index contributed by atoms with van der Waals surface area (Å²) in [6, 6.07) is 13.2. The van der Waals surface area contributed by atoms with Gasteiger partial charge < -0.3 is 25.0 Å². The second-order valence-electron chi connectivity index (χ2n) is 13.2. The Hall–Kier alpha value is -3.79. The van der Waals surface area contributed by atoms with Crippen LogP contribution in [-0.4, -0.2) is 64.4 Å². The normalized spacial score (nSPS) is 13.5. The Morgan fingerprint density at radius 1 is 0.891 bits per heavy atom. The number of thiol groups is 1. The third kappa shape index (κ3) is 12.9. The van der Waals surface area contributed by atoms with Gasteiger partial charge in [-0.25, -0.2) is 9.59 Å². The third-order valence-electron chi connectivity index (χ3n) is 6.77. The summed E-state index contributed by atoms with van der Waals surface area (Å²) in [5.74, 6) is -1.68. The lowest BCUT2D eigenvalue weighted by Crippen LogP contribution is -2.55. The summed E-state index contributed by atoms with van der Waals surface area (Å²) in [5, 5.41) is 5.54. The lowest BCUT2D eigenvalue weighted by atomic mass is 9.98. The van der Waals surface area contributed by atoms with Crippen LogP contribution in [0.3, 0.4) is 0 Å². The fourth-order valence-corrected chi connectivity index (χ4v) is 4.98. The van der Waals surface area contributed by atoms with E-state index in [1.165, 1.54) is 4.90 Å². The van der Waals surface area contributed by atoms with Crippen LogP contribution in [0, 0.1) is 0 Å². The Labute approximate surface area is 279 Å². The van der Waals surface area contributed by atoms with Crippen molar-refractivity contribution >= 4 is 42.6 Å². The van der Waals surface area contributed by atoms with Gasteiger partial charge in [0.2, 0.25) is 11.8 Å². The number of rotatable bonds is 15. The first-order valence-corrected chi connectivity index (χ1v) is 16.4. The molecule has 2 N–H and O–H groups in total. The van der Waals surface area contributed by atoms with Crippen molar-refractivity contribution in [2.45, 2.75) is 103 Å². The average molecular weight is 654 g/mol. The van der Waals surface area contributed by atoms with Crippen LogP contribution in [0.15, 0.2) is 61.2 Å². The molecule has 3 unspecified atom stereocenters. The van der Waals surface area contributed by atoms with Gasteiger partial charge in [0.05, 0.1) is 0 Å². The maximum Gasteiger partial charge on any atom is 0.408 e. The standard InChI is InChI=1S/C36H51N3O6S/c1-9-11-15-21-39(32(41)29(24-46)38-34(43)45-36(6,7)8)30(27-20-16-19-25(10-2)22-27)31(40)37-28(33(42)44-35(3,4)5)23-26-17-13-12-14-18-26/h10,12-14,16-20,22,28-30,46H,2,9,11,15,21,23-24H2,1,3-8H3,(H,37,40)(H,38,43). The van der Waals surface area contributed by atoms with E-state index in [2.05, 4.69) is 29.8 Å². The molecule has 0 spiro atoms. The molecule has 0 bridgehead atoms. The van der Waals surface area contributed by atoms with Crippen LogP contribution < -0.4 is 10.6 Å². The van der Waals surface area contributed by atoms with Crippen molar-refractivity contribution in [2.75, 3.05) is 12.3 Å². The highest BCUT2D eigenvalue weighted by molar-refractivity contribution is 7.80. The molecule has 0 aromatic heterocycles. The van der Waals surface area contributed by atoms with Gasteiger partial charge in [-0.3, -0.25) is 9.59 Å². The predicted molar refractivity (Wildman–Crippen MR) is 185 cm³/mol. The van der Waals surface area contributed by atoms with Crippen molar-refractivity contribution in [3.63, 3.8) is 0 Å². The van der Waals surface area contributed by atoms with E-state index in [-0.39, 0.29) is 18.7 Å². The van der Waals surface area contributed by atoms with E-state index in [9.17, 15) is 19.2 Å². The summed E-state index contributed by atoms with van der Waals surface area (Å²) < 4.78 is 11.1. The number of hydrogen-bond donors (Lipinski definition) is 3. The molecule has 0 saturated carbocycles. The molecule has 0 heterocycles. The highest BCUT2D eigenvalue weighted by Gasteiger charge is 2.38. The van der Waals surface area contributed by atoms with Crippen LogP contribution in [0.2, 0.25) is 0 Å². The van der Waals surface area contributed by atoms with Gasteiger partial charge in [-0.2, -0.15) is 12.6 Å². The minimum absolute atomic E-state index is 0.0298. The number of benzene rings is 2. The summed E-state index contributed by atoms with van der Waals surface area (Å²) in [4.78, 5) is 56.3. The average Bonchev–Trinajstić information content (AvgIpc) is 2.97. The number of alkyl carbamates (subject to hydrolysis) is 1. The fraction of sp³-hybridized carbons (Fsp3) is 0.500. The van der Waals surface area contributed by atoms with Crippen LogP contribution in [0.25, 0.3) is 6.08 Å². The number of amides is 3. The van der Waals surface area contributed by atoms with E-state index in [1.54, 1.807) is 65.8 Å². The molecule has 3 atom stereocenters. The molecule has 10 heteroatoms. The molecular formula is C36H51N3O6S. The lowest BCUT2D eigenvalue weighted by Gasteiger charge is -2.35. The van der Waals surface area contributed by atoms with Crippen LogP contribution in [0.4, 0.5) is 4.79 Å². The van der Waals surface area contributed by atoms with Crippen LogP contribution in [-0.2, 0) is 30.3 Å². The van der Waals surface area contributed by atoms with Crippen LogP contribution in [0.5, 0.6) is 0 Å². The molecule has 2 aromatic carbocycles.